The van der Waals surface area contributed by atoms with E-state index >= 15 is 0 Å². The number of thiophene rings is 1. The zero-order valence-corrected chi connectivity index (χ0v) is 11.8. The van der Waals surface area contributed by atoms with Gasteiger partial charge in [0.05, 0.1) is 6.10 Å². The van der Waals surface area contributed by atoms with Crippen LogP contribution < -0.4 is 4.74 Å². The Morgan fingerprint density at radius 3 is 2.63 bits per heavy atom. The number of rotatable bonds is 5. The second-order valence-corrected chi connectivity index (χ2v) is 5.62. The first-order valence-electron chi connectivity index (χ1n) is 6.28. The molecule has 1 heterocycles. The van der Waals surface area contributed by atoms with Crippen LogP contribution in [-0.4, -0.2) is 5.11 Å². The summed E-state index contributed by atoms with van der Waals surface area (Å²) < 4.78 is 18.8. The van der Waals surface area contributed by atoms with Crippen LogP contribution in [0.15, 0.2) is 30.3 Å². The van der Waals surface area contributed by atoms with E-state index in [2.05, 4.69) is 13.0 Å². The maximum atomic E-state index is 13.2. The van der Waals surface area contributed by atoms with E-state index in [1.165, 1.54) is 17.0 Å². The summed E-state index contributed by atoms with van der Waals surface area (Å²) in [5, 5.41) is 9.62. The Hall–Kier alpha value is -1.39. The molecule has 1 aromatic heterocycles. The lowest BCUT2D eigenvalue weighted by Crippen LogP contribution is -2.00. The van der Waals surface area contributed by atoms with E-state index in [4.69, 9.17) is 4.74 Å². The van der Waals surface area contributed by atoms with Gasteiger partial charge in [0.25, 0.3) is 0 Å². The molecule has 19 heavy (non-hydrogen) atoms. The Labute approximate surface area is 116 Å². The van der Waals surface area contributed by atoms with Crippen LogP contribution >= 0.6 is 11.3 Å². The maximum absolute atomic E-state index is 13.2. The Morgan fingerprint density at radius 1 is 1.26 bits per heavy atom. The normalized spacial score (nSPS) is 12.4. The molecule has 1 N–H and O–H groups in total. The van der Waals surface area contributed by atoms with Crippen LogP contribution in [0.3, 0.4) is 0 Å². The van der Waals surface area contributed by atoms with E-state index in [0.717, 1.165) is 11.3 Å². The lowest BCUT2D eigenvalue weighted by molar-refractivity contribution is 0.189. The van der Waals surface area contributed by atoms with Crippen molar-refractivity contribution >= 4 is 11.3 Å². The molecule has 0 aliphatic rings. The minimum absolute atomic E-state index is 0.368. The highest BCUT2D eigenvalue weighted by molar-refractivity contribution is 7.11. The third-order valence-electron chi connectivity index (χ3n) is 2.86. The van der Waals surface area contributed by atoms with Gasteiger partial charge in [0, 0.05) is 15.3 Å². The maximum Gasteiger partial charge on any atom is 0.125 e. The van der Waals surface area contributed by atoms with E-state index in [1.807, 2.05) is 6.07 Å². The van der Waals surface area contributed by atoms with Crippen molar-refractivity contribution in [1.82, 2.24) is 0 Å². The van der Waals surface area contributed by atoms with Crippen LogP contribution in [0.25, 0.3) is 0 Å². The van der Waals surface area contributed by atoms with E-state index in [9.17, 15) is 9.50 Å². The van der Waals surface area contributed by atoms with Gasteiger partial charge in [-0.3, -0.25) is 0 Å². The fourth-order valence-electron chi connectivity index (χ4n) is 1.82. The fraction of sp³-hybridized carbons (Fsp3) is 0.333. The third-order valence-corrected chi connectivity index (χ3v) is 4.06. The van der Waals surface area contributed by atoms with Gasteiger partial charge < -0.3 is 9.84 Å². The predicted octanol–water partition coefficient (Wildman–Crippen LogP) is 4.08. The van der Waals surface area contributed by atoms with Crippen LogP contribution in [0.5, 0.6) is 5.75 Å². The average Bonchev–Trinajstić information content (AvgIpc) is 2.85. The number of aliphatic hydroxyl groups is 1. The van der Waals surface area contributed by atoms with E-state index in [1.54, 1.807) is 24.3 Å². The molecule has 0 spiro atoms. The molecule has 1 atom stereocenters. The molecule has 1 aromatic carbocycles. The number of hydrogen-bond acceptors (Lipinski definition) is 3. The van der Waals surface area contributed by atoms with Crippen molar-refractivity contribution in [2.75, 3.05) is 0 Å². The topological polar surface area (TPSA) is 29.5 Å². The van der Waals surface area contributed by atoms with Gasteiger partial charge in [-0.15, -0.1) is 11.3 Å². The SMILES string of the molecule is CCc1ccc(COc2ccc(F)cc2C(C)O)s1. The van der Waals surface area contributed by atoms with Gasteiger partial charge in [-0.25, -0.2) is 4.39 Å². The fourth-order valence-corrected chi connectivity index (χ4v) is 2.69. The lowest BCUT2D eigenvalue weighted by Gasteiger charge is -2.13. The minimum Gasteiger partial charge on any atom is -0.488 e. The molecule has 0 saturated heterocycles. The summed E-state index contributed by atoms with van der Waals surface area (Å²) in [7, 11) is 0. The molecule has 0 bridgehead atoms. The zero-order chi connectivity index (χ0) is 13.8. The van der Waals surface area contributed by atoms with Gasteiger partial charge >= 0.3 is 0 Å². The summed E-state index contributed by atoms with van der Waals surface area (Å²) in [6.07, 6.45) is 0.264. The van der Waals surface area contributed by atoms with Gasteiger partial charge in [-0.1, -0.05) is 6.92 Å². The average molecular weight is 280 g/mol. The van der Waals surface area contributed by atoms with E-state index < -0.39 is 6.10 Å². The van der Waals surface area contributed by atoms with Crippen molar-refractivity contribution in [2.24, 2.45) is 0 Å². The van der Waals surface area contributed by atoms with E-state index in [0.29, 0.717) is 17.9 Å². The molecule has 2 rings (SSSR count). The summed E-state index contributed by atoms with van der Waals surface area (Å²) in [5.74, 6) is 0.162. The Bertz CT molecular complexity index is 549. The molecule has 102 valence electrons. The van der Waals surface area contributed by atoms with Crippen molar-refractivity contribution in [3.05, 3.63) is 51.5 Å². The van der Waals surface area contributed by atoms with Gasteiger partial charge in [-0.2, -0.15) is 0 Å². The van der Waals surface area contributed by atoms with Crippen LogP contribution in [0.2, 0.25) is 0 Å². The Morgan fingerprint density at radius 2 is 2.00 bits per heavy atom. The van der Waals surface area contributed by atoms with Gasteiger partial charge in [0.1, 0.15) is 18.2 Å². The van der Waals surface area contributed by atoms with Crippen LogP contribution in [0, 0.1) is 5.82 Å². The summed E-state index contributed by atoms with van der Waals surface area (Å²) in [6, 6.07) is 8.34. The van der Waals surface area contributed by atoms with Crippen molar-refractivity contribution in [3.63, 3.8) is 0 Å². The van der Waals surface area contributed by atoms with Crippen LogP contribution in [0.4, 0.5) is 4.39 Å². The monoisotopic (exact) mass is 280 g/mol. The smallest absolute Gasteiger partial charge is 0.125 e. The second-order valence-electron chi connectivity index (χ2n) is 4.37. The number of benzene rings is 1. The first kappa shape index (κ1) is 14.0. The van der Waals surface area contributed by atoms with Crippen molar-refractivity contribution in [1.29, 1.82) is 0 Å². The molecule has 0 fully saturated rings. The molecule has 2 aromatic rings. The van der Waals surface area contributed by atoms with Gasteiger partial charge in [0.15, 0.2) is 0 Å². The van der Waals surface area contributed by atoms with E-state index in [-0.39, 0.29) is 5.82 Å². The Balaban J connectivity index is 2.10. The Kier molecular flexibility index (Phi) is 4.56. The largest absolute Gasteiger partial charge is 0.488 e. The minimum atomic E-state index is -0.750. The number of aryl methyl sites for hydroxylation is 1. The number of aliphatic hydroxyl groups excluding tert-OH is 1. The highest BCUT2D eigenvalue weighted by atomic mass is 32.1. The molecule has 0 aliphatic carbocycles. The van der Waals surface area contributed by atoms with Crippen molar-refractivity contribution in [2.45, 2.75) is 33.0 Å². The number of hydrogen-bond donors (Lipinski definition) is 1. The third kappa shape index (κ3) is 3.55. The first-order chi connectivity index (χ1) is 9.10. The summed E-state index contributed by atoms with van der Waals surface area (Å²) in [4.78, 5) is 2.44. The molecule has 0 aliphatic heterocycles. The molecule has 4 heteroatoms. The lowest BCUT2D eigenvalue weighted by atomic mass is 10.1. The van der Waals surface area contributed by atoms with Crippen molar-refractivity contribution in [3.8, 4) is 5.75 Å². The van der Waals surface area contributed by atoms with Crippen LogP contribution in [-0.2, 0) is 13.0 Å². The summed E-state index contributed by atoms with van der Waals surface area (Å²) >= 11 is 1.71. The molecule has 0 amide bonds. The van der Waals surface area contributed by atoms with Crippen molar-refractivity contribution < 1.29 is 14.2 Å². The molecule has 1 unspecified atom stereocenters. The zero-order valence-electron chi connectivity index (χ0n) is 11.0. The standard InChI is InChI=1S/C15H17FO2S/c1-3-12-5-6-13(19-12)9-18-15-7-4-11(16)8-14(15)10(2)17/h4-8,10,17H,3,9H2,1-2H3. The second kappa shape index (κ2) is 6.17. The first-order valence-corrected chi connectivity index (χ1v) is 7.09. The predicted molar refractivity (Wildman–Crippen MR) is 75.1 cm³/mol. The van der Waals surface area contributed by atoms with Gasteiger partial charge in [-0.05, 0) is 43.7 Å². The molecule has 0 saturated carbocycles. The molecular weight excluding hydrogens is 263 g/mol. The number of ether oxygens (including phenoxy) is 1. The van der Waals surface area contributed by atoms with Crippen LogP contribution in [0.1, 0.15) is 35.3 Å². The molecule has 0 radical (unpaired) electrons. The number of halogens is 1. The highest BCUT2D eigenvalue weighted by Crippen LogP contribution is 2.27. The summed E-state index contributed by atoms with van der Waals surface area (Å²) in [5.41, 5.74) is 0.479. The quantitative estimate of drug-likeness (QED) is 0.894. The molecular formula is C15H17FO2S. The summed E-state index contributed by atoms with van der Waals surface area (Å²) in [6.45, 7) is 4.15. The molecule has 2 nitrogen and oxygen atoms in total. The van der Waals surface area contributed by atoms with Gasteiger partial charge in [0.2, 0.25) is 0 Å². The highest BCUT2D eigenvalue weighted by Gasteiger charge is 2.11.